The van der Waals surface area contributed by atoms with Gasteiger partial charge in [0.1, 0.15) is 5.69 Å². The van der Waals surface area contributed by atoms with Gasteiger partial charge in [-0.2, -0.15) is 0 Å². The van der Waals surface area contributed by atoms with E-state index in [1.165, 1.54) is 25.7 Å². The van der Waals surface area contributed by atoms with Crippen molar-refractivity contribution in [2.75, 3.05) is 13.1 Å². The summed E-state index contributed by atoms with van der Waals surface area (Å²) in [5.41, 5.74) is 0.840. The molecule has 0 aromatic carbocycles. The average Bonchev–Trinajstić information content (AvgIpc) is 3.34. The number of rotatable bonds is 4. The molecule has 1 aliphatic heterocycles. The molecular formula is C15H21N3O. The van der Waals surface area contributed by atoms with Crippen molar-refractivity contribution >= 4 is 5.91 Å². The van der Waals surface area contributed by atoms with Crippen LogP contribution in [0.2, 0.25) is 0 Å². The zero-order valence-electron chi connectivity index (χ0n) is 11.2. The van der Waals surface area contributed by atoms with Crippen LogP contribution in [0, 0.1) is 0 Å². The van der Waals surface area contributed by atoms with E-state index >= 15 is 0 Å². The van der Waals surface area contributed by atoms with Gasteiger partial charge in [-0.05, 0) is 44.2 Å². The maximum absolute atomic E-state index is 12.4. The first-order valence-electron chi connectivity index (χ1n) is 7.53. The third-order valence-corrected chi connectivity index (χ3v) is 4.57. The minimum Gasteiger partial charge on any atom is -0.347 e. The van der Waals surface area contributed by atoms with Crippen molar-refractivity contribution in [3.63, 3.8) is 0 Å². The predicted octanol–water partition coefficient (Wildman–Crippen LogP) is 1.79. The number of hydrogen-bond acceptors (Lipinski definition) is 2. The molecule has 3 aliphatic rings. The van der Waals surface area contributed by atoms with Crippen molar-refractivity contribution in [1.29, 1.82) is 0 Å². The van der Waals surface area contributed by atoms with E-state index < -0.39 is 0 Å². The molecule has 2 aliphatic carbocycles. The second-order valence-corrected chi connectivity index (χ2v) is 6.22. The van der Waals surface area contributed by atoms with Gasteiger partial charge in [0.2, 0.25) is 0 Å². The van der Waals surface area contributed by atoms with Gasteiger partial charge in [0, 0.05) is 37.4 Å². The Hall–Kier alpha value is -1.29. The summed E-state index contributed by atoms with van der Waals surface area (Å²) in [6.45, 7) is 2.19. The minimum absolute atomic E-state index is 0.111. The van der Waals surface area contributed by atoms with Crippen molar-refractivity contribution in [2.45, 2.75) is 50.2 Å². The Bertz CT molecular complexity index is 487. The Labute approximate surface area is 113 Å². The molecule has 3 fully saturated rings. The van der Waals surface area contributed by atoms with Crippen LogP contribution in [-0.2, 0) is 0 Å². The molecule has 0 radical (unpaired) electrons. The topological polar surface area (TPSA) is 37.3 Å². The molecule has 4 rings (SSSR count). The monoisotopic (exact) mass is 259 g/mol. The fourth-order valence-electron chi connectivity index (χ4n) is 3.19. The fraction of sp³-hybridized carbons (Fsp3) is 0.667. The van der Waals surface area contributed by atoms with E-state index in [0.717, 1.165) is 31.2 Å². The number of aromatic nitrogens is 1. The third kappa shape index (κ3) is 2.29. The lowest BCUT2D eigenvalue weighted by Gasteiger charge is -2.16. The first-order chi connectivity index (χ1) is 9.31. The van der Waals surface area contributed by atoms with Crippen LogP contribution in [0.25, 0.3) is 0 Å². The van der Waals surface area contributed by atoms with Crippen LogP contribution in [0.4, 0.5) is 0 Å². The zero-order chi connectivity index (χ0) is 12.8. The Morgan fingerprint density at radius 2 is 1.95 bits per heavy atom. The Morgan fingerprint density at radius 3 is 2.68 bits per heavy atom. The first-order valence-corrected chi connectivity index (χ1v) is 7.53. The van der Waals surface area contributed by atoms with E-state index in [2.05, 4.69) is 14.8 Å². The number of likely N-dealkylation sites (tertiary alicyclic amines) is 1. The minimum atomic E-state index is 0.111. The van der Waals surface area contributed by atoms with Crippen LogP contribution < -0.4 is 5.32 Å². The summed E-state index contributed by atoms with van der Waals surface area (Å²) in [7, 11) is 0. The molecule has 4 nitrogen and oxygen atoms in total. The number of hydrogen-bond donors (Lipinski definition) is 1. The maximum Gasteiger partial charge on any atom is 0.268 e. The van der Waals surface area contributed by atoms with Gasteiger partial charge in [-0.1, -0.05) is 0 Å². The molecule has 0 spiro atoms. The normalized spacial score (nSPS) is 27.7. The summed E-state index contributed by atoms with van der Waals surface area (Å²) in [5.74, 6) is 0.111. The molecule has 1 aromatic rings. The summed E-state index contributed by atoms with van der Waals surface area (Å²) >= 11 is 0. The molecule has 1 N–H and O–H groups in total. The number of amides is 1. The second-order valence-electron chi connectivity index (χ2n) is 6.22. The summed E-state index contributed by atoms with van der Waals surface area (Å²) in [6, 6.07) is 5.66. The number of carbonyl (C=O) groups excluding carboxylic acids is 1. The third-order valence-electron chi connectivity index (χ3n) is 4.57. The highest BCUT2D eigenvalue weighted by atomic mass is 16.2. The van der Waals surface area contributed by atoms with Crippen LogP contribution in [0.5, 0.6) is 0 Å². The van der Waals surface area contributed by atoms with E-state index in [1.807, 2.05) is 18.3 Å². The Kier molecular flexibility index (Phi) is 2.65. The van der Waals surface area contributed by atoms with Crippen LogP contribution in [0.15, 0.2) is 18.3 Å². The highest BCUT2D eigenvalue weighted by Crippen LogP contribution is 2.36. The lowest BCUT2D eigenvalue weighted by Crippen LogP contribution is -2.38. The van der Waals surface area contributed by atoms with Gasteiger partial charge >= 0.3 is 0 Å². The van der Waals surface area contributed by atoms with Crippen LogP contribution in [0.3, 0.4) is 0 Å². The maximum atomic E-state index is 12.4. The largest absolute Gasteiger partial charge is 0.347 e. The lowest BCUT2D eigenvalue weighted by molar-refractivity contribution is 0.0928. The van der Waals surface area contributed by atoms with Crippen molar-refractivity contribution < 1.29 is 4.79 Å². The van der Waals surface area contributed by atoms with Gasteiger partial charge in [0.05, 0.1) is 0 Å². The van der Waals surface area contributed by atoms with Gasteiger partial charge in [0.25, 0.3) is 5.91 Å². The van der Waals surface area contributed by atoms with Crippen LogP contribution >= 0.6 is 0 Å². The van der Waals surface area contributed by atoms with Gasteiger partial charge in [-0.15, -0.1) is 0 Å². The average molecular weight is 259 g/mol. The highest BCUT2D eigenvalue weighted by molar-refractivity contribution is 5.93. The molecule has 102 valence electrons. The van der Waals surface area contributed by atoms with E-state index in [-0.39, 0.29) is 5.91 Å². The molecule has 1 saturated heterocycles. The van der Waals surface area contributed by atoms with Crippen molar-refractivity contribution in [3.8, 4) is 0 Å². The Morgan fingerprint density at radius 1 is 1.16 bits per heavy atom. The fourth-order valence-corrected chi connectivity index (χ4v) is 3.19. The van der Waals surface area contributed by atoms with E-state index in [9.17, 15) is 4.79 Å². The quantitative estimate of drug-likeness (QED) is 0.895. The van der Waals surface area contributed by atoms with Crippen molar-refractivity contribution in [1.82, 2.24) is 14.8 Å². The summed E-state index contributed by atoms with van der Waals surface area (Å²) in [6.07, 6.45) is 8.28. The second kappa shape index (κ2) is 4.37. The molecule has 2 heterocycles. The van der Waals surface area contributed by atoms with Gasteiger partial charge < -0.3 is 9.88 Å². The predicted molar refractivity (Wildman–Crippen MR) is 73.2 cm³/mol. The molecule has 1 atom stereocenters. The van der Waals surface area contributed by atoms with Gasteiger partial charge in [0.15, 0.2) is 0 Å². The molecule has 19 heavy (non-hydrogen) atoms. The lowest BCUT2D eigenvalue weighted by atomic mass is 10.2. The molecule has 0 bridgehead atoms. The van der Waals surface area contributed by atoms with Gasteiger partial charge in [-0.3, -0.25) is 9.69 Å². The molecule has 2 saturated carbocycles. The molecular weight excluding hydrogens is 238 g/mol. The molecule has 0 unspecified atom stereocenters. The van der Waals surface area contributed by atoms with E-state index in [4.69, 9.17) is 0 Å². The van der Waals surface area contributed by atoms with Crippen molar-refractivity contribution in [2.24, 2.45) is 0 Å². The zero-order valence-corrected chi connectivity index (χ0v) is 11.2. The SMILES string of the molecule is O=C(N[C@@H]1CCN(C2CC2)C1)c1cccn1C1CC1. The number of carbonyl (C=O) groups is 1. The summed E-state index contributed by atoms with van der Waals surface area (Å²) in [4.78, 5) is 14.9. The molecule has 1 amide bonds. The molecule has 1 aromatic heterocycles. The Balaban J connectivity index is 1.39. The first kappa shape index (κ1) is 11.5. The smallest absolute Gasteiger partial charge is 0.268 e. The van der Waals surface area contributed by atoms with E-state index in [1.54, 1.807) is 0 Å². The van der Waals surface area contributed by atoms with Crippen LogP contribution in [0.1, 0.15) is 48.6 Å². The van der Waals surface area contributed by atoms with E-state index in [0.29, 0.717) is 12.1 Å². The highest BCUT2D eigenvalue weighted by Gasteiger charge is 2.35. The standard InChI is InChI=1S/C15H21N3O/c19-15(14-2-1-8-18(14)13-5-6-13)16-11-7-9-17(10-11)12-3-4-12/h1-2,8,11-13H,3-7,9-10H2,(H,16,19)/t11-/m1/s1. The summed E-state index contributed by atoms with van der Waals surface area (Å²) < 4.78 is 2.14. The molecule has 4 heteroatoms. The van der Waals surface area contributed by atoms with Crippen molar-refractivity contribution in [3.05, 3.63) is 24.0 Å². The van der Waals surface area contributed by atoms with Crippen LogP contribution in [-0.4, -0.2) is 40.5 Å². The number of nitrogens with zero attached hydrogens (tertiary/aromatic N) is 2. The number of nitrogens with one attached hydrogen (secondary N) is 1. The summed E-state index contributed by atoms with van der Waals surface area (Å²) in [5, 5.41) is 3.22. The van der Waals surface area contributed by atoms with Gasteiger partial charge in [-0.25, -0.2) is 0 Å².